The number of benzene rings is 4. The van der Waals surface area contributed by atoms with Crippen molar-refractivity contribution in [3.63, 3.8) is 0 Å². The number of nitro groups is 1. The molecule has 0 bridgehead atoms. The Bertz CT molecular complexity index is 2070. The van der Waals surface area contributed by atoms with Crippen molar-refractivity contribution in [3.8, 4) is 23.1 Å². The smallest absolute Gasteiger partial charge is 0.282 e. The third kappa shape index (κ3) is 5.06. The van der Waals surface area contributed by atoms with Gasteiger partial charge in [-0.25, -0.2) is 9.37 Å². The molecule has 10 nitrogen and oxygen atoms in total. The summed E-state index contributed by atoms with van der Waals surface area (Å²) in [5, 5.41) is 16.9. The number of hydrogen-bond donors (Lipinski definition) is 0. The summed E-state index contributed by atoms with van der Waals surface area (Å²) in [4.78, 5) is 29.3. The highest BCUT2D eigenvalue weighted by atomic mass is 19.1. The molecule has 11 heteroatoms. The lowest BCUT2D eigenvalue weighted by Crippen LogP contribution is -2.20. The molecule has 4 aromatic carbocycles. The second kappa shape index (κ2) is 11.0. The molecule has 6 rings (SSSR count). The molecule has 208 valence electrons. The number of aromatic nitrogens is 2. The van der Waals surface area contributed by atoms with E-state index >= 15 is 0 Å². The fourth-order valence-corrected chi connectivity index (χ4v) is 4.50. The number of methoxy groups -OCH3 is 1. The van der Waals surface area contributed by atoms with E-state index in [1.165, 1.54) is 36.5 Å². The fourth-order valence-electron chi connectivity index (χ4n) is 4.50. The van der Waals surface area contributed by atoms with Crippen molar-refractivity contribution >= 4 is 33.8 Å². The van der Waals surface area contributed by atoms with E-state index in [4.69, 9.17) is 13.9 Å². The summed E-state index contributed by atoms with van der Waals surface area (Å²) in [6.45, 7) is -0.0000427. The quantitative estimate of drug-likeness (QED) is 0.120. The van der Waals surface area contributed by atoms with Gasteiger partial charge >= 0.3 is 0 Å². The van der Waals surface area contributed by atoms with E-state index in [1.807, 2.05) is 0 Å². The molecule has 0 saturated heterocycles. The number of rotatable bonds is 8. The van der Waals surface area contributed by atoms with E-state index in [2.05, 4.69) is 10.1 Å². The Labute approximate surface area is 237 Å². The van der Waals surface area contributed by atoms with Crippen LogP contribution in [-0.4, -0.2) is 27.9 Å². The minimum Gasteiger partial charge on any atom is -0.496 e. The van der Waals surface area contributed by atoms with Gasteiger partial charge in [0, 0.05) is 17.7 Å². The topological polar surface area (TPSA) is 122 Å². The van der Waals surface area contributed by atoms with Gasteiger partial charge in [-0.1, -0.05) is 30.3 Å². The lowest BCUT2D eigenvalue weighted by atomic mass is 10.2. The highest BCUT2D eigenvalue weighted by Gasteiger charge is 2.18. The highest BCUT2D eigenvalue weighted by Crippen LogP contribution is 2.33. The summed E-state index contributed by atoms with van der Waals surface area (Å²) >= 11 is 0. The first-order chi connectivity index (χ1) is 20.4. The fraction of sp³-hybridized carbons (Fsp3) is 0.0645. The summed E-state index contributed by atoms with van der Waals surface area (Å²) < 4.78 is 32.1. The van der Waals surface area contributed by atoms with Crippen LogP contribution in [0.1, 0.15) is 11.1 Å². The van der Waals surface area contributed by atoms with Crippen molar-refractivity contribution in [1.82, 2.24) is 9.66 Å². The van der Waals surface area contributed by atoms with Gasteiger partial charge in [-0.05, 0) is 54.1 Å². The predicted molar refractivity (Wildman–Crippen MR) is 155 cm³/mol. The monoisotopic (exact) mass is 564 g/mol. The van der Waals surface area contributed by atoms with Crippen LogP contribution < -0.4 is 15.0 Å². The molecule has 0 atom stereocenters. The molecule has 0 aliphatic rings. The molecule has 0 spiro atoms. The van der Waals surface area contributed by atoms with Crippen LogP contribution in [0.3, 0.4) is 0 Å². The third-order valence-electron chi connectivity index (χ3n) is 6.52. The first kappa shape index (κ1) is 26.4. The summed E-state index contributed by atoms with van der Waals surface area (Å²) in [6, 6.07) is 23.7. The van der Waals surface area contributed by atoms with E-state index in [1.54, 1.807) is 67.8 Å². The molecule has 2 aromatic heterocycles. The zero-order valence-corrected chi connectivity index (χ0v) is 22.1. The van der Waals surface area contributed by atoms with Crippen LogP contribution in [-0.2, 0) is 6.61 Å². The van der Waals surface area contributed by atoms with Crippen molar-refractivity contribution in [2.45, 2.75) is 6.61 Å². The van der Waals surface area contributed by atoms with Crippen LogP contribution in [0.15, 0.2) is 105 Å². The number of hydrogen-bond acceptors (Lipinski definition) is 8. The van der Waals surface area contributed by atoms with Crippen molar-refractivity contribution in [2.24, 2.45) is 5.10 Å². The number of fused-ring (bicyclic) bond motifs is 2. The minimum absolute atomic E-state index is 0.0000427. The number of ether oxygens (including phenoxy) is 2. The van der Waals surface area contributed by atoms with E-state index in [0.717, 1.165) is 4.68 Å². The average molecular weight is 565 g/mol. The Morgan fingerprint density at radius 1 is 1.00 bits per heavy atom. The molecule has 0 amide bonds. The summed E-state index contributed by atoms with van der Waals surface area (Å²) in [5.74, 6) is 0.778. The normalized spacial score (nSPS) is 11.4. The van der Waals surface area contributed by atoms with Crippen LogP contribution in [0.5, 0.6) is 11.5 Å². The Hall–Kier alpha value is -5.84. The molecule has 0 unspecified atom stereocenters. The molecule has 0 saturated carbocycles. The van der Waals surface area contributed by atoms with Crippen LogP contribution in [0.2, 0.25) is 0 Å². The van der Waals surface area contributed by atoms with E-state index < -0.39 is 16.3 Å². The van der Waals surface area contributed by atoms with Gasteiger partial charge in [0.05, 0.1) is 34.5 Å². The van der Waals surface area contributed by atoms with Crippen LogP contribution >= 0.6 is 0 Å². The molecule has 0 fully saturated rings. The number of nitro benzene ring substituents is 1. The molecule has 42 heavy (non-hydrogen) atoms. The minimum atomic E-state index is -0.551. The van der Waals surface area contributed by atoms with Gasteiger partial charge in [0.25, 0.3) is 11.2 Å². The zero-order valence-electron chi connectivity index (χ0n) is 22.1. The molecule has 0 aliphatic heterocycles. The van der Waals surface area contributed by atoms with Crippen molar-refractivity contribution in [2.75, 3.05) is 7.11 Å². The van der Waals surface area contributed by atoms with Gasteiger partial charge in [0.1, 0.15) is 29.5 Å². The molecule has 6 aromatic rings. The number of halogens is 1. The largest absolute Gasteiger partial charge is 0.496 e. The molecular formula is C31H21FN4O6. The van der Waals surface area contributed by atoms with Gasteiger partial charge in [-0.2, -0.15) is 9.78 Å². The summed E-state index contributed by atoms with van der Waals surface area (Å²) in [6.07, 6.45) is 1.28. The average Bonchev–Trinajstić information content (AvgIpc) is 3.44. The standard InChI is InChI=1S/C31H21FN4O6/c1-40-27-10-5-11-28-24(27)16-29(42-28)30-34-25-9-3-2-8-23(25)31(37)35(30)33-17-20-15-22(36(38)39)12-13-26(20)41-18-19-6-4-7-21(32)14-19/h2-17H,18H2,1H3. The summed E-state index contributed by atoms with van der Waals surface area (Å²) in [5.41, 5.74) is 1.06. The highest BCUT2D eigenvalue weighted by molar-refractivity contribution is 5.89. The van der Waals surface area contributed by atoms with Gasteiger partial charge in [-0.15, -0.1) is 0 Å². The number of non-ortho nitro benzene ring substituents is 1. The number of para-hydroxylation sites is 1. The Balaban J connectivity index is 1.47. The van der Waals surface area contributed by atoms with Crippen molar-refractivity contribution in [1.29, 1.82) is 0 Å². The van der Waals surface area contributed by atoms with Crippen LogP contribution in [0.4, 0.5) is 10.1 Å². The van der Waals surface area contributed by atoms with Gasteiger partial charge < -0.3 is 13.9 Å². The number of furan rings is 1. The molecular weight excluding hydrogens is 543 g/mol. The Morgan fingerprint density at radius 2 is 1.83 bits per heavy atom. The van der Waals surface area contributed by atoms with E-state index in [9.17, 15) is 19.3 Å². The number of nitrogens with zero attached hydrogens (tertiary/aromatic N) is 4. The third-order valence-corrected chi connectivity index (χ3v) is 6.52. The van der Waals surface area contributed by atoms with Gasteiger partial charge in [-0.3, -0.25) is 14.9 Å². The predicted octanol–water partition coefficient (Wildman–Crippen LogP) is 6.33. The van der Waals surface area contributed by atoms with E-state index in [-0.39, 0.29) is 35.2 Å². The van der Waals surface area contributed by atoms with E-state index in [0.29, 0.717) is 33.2 Å². The molecule has 0 radical (unpaired) electrons. The second-order valence-electron chi connectivity index (χ2n) is 9.19. The zero-order chi connectivity index (χ0) is 29.2. The maximum absolute atomic E-state index is 13.7. The second-order valence-corrected chi connectivity index (χ2v) is 9.19. The van der Waals surface area contributed by atoms with Crippen molar-refractivity contribution < 1.29 is 23.2 Å². The van der Waals surface area contributed by atoms with Crippen LogP contribution in [0.25, 0.3) is 33.5 Å². The molecule has 0 N–H and O–H groups in total. The van der Waals surface area contributed by atoms with Crippen molar-refractivity contribution in [3.05, 3.63) is 128 Å². The molecule has 2 heterocycles. The summed E-state index contributed by atoms with van der Waals surface area (Å²) in [7, 11) is 1.54. The first-order valence-corrected chi connectivity index (χ1v) is 12.7. The maximum atomic E-state index is 13.7. The SMILES string of the molecule is COc1cccc2oc(-c3nc4ccccc4c(=O)n3N=Cc3cc([N+](=O)[O-])ccc3OCc3cccc(F)c3)cc12. The Kier molecular flexibility index (Phi) is 6.89. The maximum Gasteiger partial charge on any atom is 0.282 e. The van der Waals surface area contributed by atoms with Gasteiger partial charge in [0.15, 0.2) is 5.76 Å². The lowest BCUT2D eigenvalue weighted by Gasteiger charge is -2.10. The Morgan fingerprint density at radius 3 is 2.64 bits per heavy atom. The van der Waals surface area contributed by atoms with Crippen LogP contribution in [0, 0.1) is 15.9 Å². The lowest BCUT2D eigenvalue weighted by molar-refractivity contribution is -0.384. The molecule has 0 aliphatic carbocycles. The van der Waals surface area contributed by atoms with Gasteiger partial charge in [0.2, 0.25) is 5.82 Å². The first-order valence-electron chi connectivity index (χ1n) is 12.7.